The number of amides is 1. The first-order valence-corrected chi connectivity index (χ1v) is 8.00. The molecule has 24 heavy (non-hydrogen) atoms. The number of rotatable bonds is 4. The number of aromatic nitrogens is 4. The Hall–Kier alpha value is -2.90. The topological polar surface area (TPSA) is 99.9 Å². The van der Waals surface area contributed by atoms with Gasteiger partial charge < -0.3 is 19.6 Å². The quantitative estimate of drug-likeness (QED) is 0.753. The van der Waals surface area contributed by atoms with Crippen LogP contribution in [0.2, 0.25) is 0 Å². The van der Waals surface area contributed by atoms with E-state index in [2.05, 4.69) is 30.2 Å². The summed E-state index contributed by atoms with van der Waals surface area (Å²) in [7, 11) is 0. The van der Waals surface area contributed by atoms with Crippen LogP contribution in [-0.2, 0) is 11.3 Å². The molecule has 4 rings (SSSR count). The number of anilines is 1. The molecule has 1 saturated heterocycles. The fourth-order valence-corrected chi connectivity index (χ4v) is 3.11. The number of furan rings is 1. The van der Waals surface area contributed by atoms with Crippen LogP contribution >= 0.6 is 0 Å². The van der Waals surface area contributed by atoms with E-state index in [1.807, 2.05) is 12.1 Å². The SMILES string of the molecule is O=C(NCc1ccco1)[C@@H]1CCCN(c2ncnc3nc[nH]c23)C1. The highest BCUT2D eigenvalue weighted by Gasteiger charge is 2.27. The lowest BCUT2D eigenvalue weighted by molar-refractivity contribution is -0.125. The normalized spacial score (nSPS) is 18.0. The molecule has 2 N–H and O–H groups in total. The maximum absolute atomic E-state index is 12.5. The molecule has 0 radical (unpaired) electrons. The third kappa shape index (κ3) is 2.82. The summed E-state index contributed by atoms with van der Waals surface area (Å²) in [4.78, 5) is 30.3. The smallest absolute Gasteiger partial charge is 0.225 e. The Balaban J connectivity index is 1.45. The molecule has 0 bridgehead atoms. The van der Waals surface area contributed by atoms with Crippen LogP contribution in [0.15, 0.2) is 35.5 Å². The van der Waals surface area contributed by atoms with Crippen molar-refractivity contribution in [3.8, 4) is 0 Å². The summed E-state index contributed by atoms with van der Waals surface area (Å²) in [5, 5.41) is 2.95. The van der Waals surface area contributed by atoms with Crippen molar-refractivity contribution in [3.63, 3.8) is 0 Å². The average Bonchev–Trinajstić information content (AvgIpc) is 3.30. The van der Waals surface area contributed by atoms with Gasteiger partial charge in [0.2, 0.25) is 5.91 Å². The number of aromatic amines is 1. The molecule has 1 aliphatic heterocycles. The van der Waals surface area contributed by atoms with Gasteiger partial charge >= 0.3 is 0 Å². The van der Waals surface area contributed by atoms with E-state index in [0.29, 0.717) is 18.7 Å². The van der Waals surface area contributed by atoms with Crippen LogP contribution in [-0.4, -0.2) is 38.9 Å². The van der Waals surface area contributed by atoms with Crippen molar-refractivity contribution in [2.75, 3.05) is 18.0 Å². The first kappa shape index (κ1) is 14.7. The Morgan fingerprint density at radius 2 is 2.38 bits per heavy atom. The Labute approximate surface area is 138 Å². The van der Waals surface area contributed by atoms with Gasteiger partial charge in [-0.25, -0.2) is 15.0 Å². The number of hydrogen-bond acceptors (Lipinski definition) is 6. The van der Waals surface area contributed by atoms with Crippen molar-refractivity contribution in [2.45, 2.75) is 19.4 Å². The Morgan fingerprint density at radius 3 is 3.25 bits per heavy atom. The molecule has 3 aromatic rings. The van der Waals surface area contributed by atoms with E-state index in [4.69, 9.17) is 4.42 Å². The Kier molecular flexibility index (Phi) is 3.86. The molecular weight excluding hydrogens is 308 g/mol. The van der Waals surface area contributed by atoms with Gasteiger partial charge in [-0.2, -0.15) is 0 Å². The van der Waals surface area contributed by atoms with Crippen LogP contribution in [0.1, 0.15) is 18.6 Å². The molecule has 8 nitrogen and oxygen atoms in total. The molecule has 1 aliphatic rings. The van der Waals surface area contributed by atoms with Gasteiger partial charge in [-0.3, -0.25) is 4.79 Å². The van der Waals surface area contributed by atoms with E-state index >= 15 is 0 Å². The van der Waals surface area contributed by atoms with Crippen LogP contribution in [0, 0.1) is 5.92 Å². The van der Waals surface area contributed by atoms with E-state index in [0.717, 1.165) is 36.5 Å². The molecule has 0 aromatic carbocycles. The van der Waals surface area contributed by atoms with Crippen molar-refractivity contribution < 1.29 is 9.21 Å². The van der Waals surface area contributed by atoms with Crippen LogP contribution in [0.3, 0.4) is 0 Å². The molecule has 0 saturated carbocycles. The molecule has 8 heteroatoms. The second-order valence-corrected chi connectivity index (χ2v) is 5.88. The van der Waals surface area contributed by atoms with Gasteiger partial charge in [0, 0.05) is 13.1 Å². The molecule has 124 valence electrons. The zero-order valence-electron chi connectivity index (χ0n) is 13.1. The molecule has 3 aromatic heterocycles. The monoisotopic (exact) mass is 326 g/mol. The number of carbonyl (C=O) groups excluding carboxylic acids is 1. The van der Waals surface area contributed by atoms with Crippen LogP contribution in [0.5, 0.6) is 0 Å². The Bertz CT molecular complexity index is 828. The lowest BCUT2D eigenvalue weighted by Gasteiger charge is -2.32. The fourth-order valence-electron chi connectivity index (χ4n) is 3.11. The van der Waals surface area contributed by atoms with Crippen LogP contribution < -0.4 is 10.2 Å². The van der Waals surface area contributed by atoms with Gasteiger partial charge in [-0.15, -0.1) is 0 Å². The van der Waals surface area contributed by atoms with E-state index in [1.165, 1.54) is 6.33 Å². The molecule has 1 atom stereocenters. The number of fused-ring (bicyclic) bond motifs is 1. The van der Waals surface area contributed by atoms with Gasteiger partial charge in [0.1, 0.15) is 17.6 Å². The minimum atomic E-state index is -0.0679. The molecular formula is C16H18N6O2. The van der Waals surface area contributed by atoms with Crippen molar-refractivity contribution in [1.29, 1.82) is 0 Å². The lowest BCUT2D eigenvalue weighted by Crippen LogP contribution is -2.43. The number of piperidine rings is 1. The van der Waals surface area contributed by atoms with Crippen molar-refractivity contribution in [3.05, 3.63) is 36.8 Å². The molecule has 1 fully saturated rings. The molecule has 0 spiro atoms. The summed E-state index contributed by atoms with van der Waals surface area (Å²) in [6, 6.07) is 3.66. The molecule has 1 amide bonds. The third-order valence-electron chi connectivity index (χ3n) is 4.31. The van der Waals surface area contributed by atoms with E-state index in [-0.39, 0.29) is 11.8 Å². The fraction of sp³-hybridized carbons (Fsp3) is 0.375. The number of hydrogen-bond donors (Lipinski definition) is 2. The molecule has 0 unspecified atom stereocenters. The predicted octanol–water partition coefficient (Wildman–Crippen LogP) is 1.48. The van der Waals surface area contributed by atoms with E-state index in [9.17, 15) is 4.79 Å². The molecule has 4 heterocycles. The van der Waals surface area contributed by atoms with Crippen molar-refractivity contribution in [1.82, 2.24) is 25.3 Å². The molecule has 0 aliphatic carbocycles. The van der Waals surface area contributed by atoms with Gasteiger partial charge in [0.25, 0.3) is 0 Å². The van der Waals surface area contributed by atoms with Gasteiger partial charge in [0.15, 0.2) is 11.5 Å². The average molecular weight is 326 g/mol. The number of imidazole rings is 1. The number of nitrogens with zero attached hydrogens (tertiary/aromatic N) is 4. The standard InChI is InChI=1S/C16H18N6O2/c23-16(17-7-12-4-2-6-24-12)11-3-1-5-22(8-11)15-13-14(19-9-18-13)20-10-21-15/h2,4,6,9-11H,1,3,5,7-8H2,(H,17,23)(H,18,19,20,21)/t11-/m1/s1. The number of carbonyl (C=O) groups is 1. The first-order valence-electron chi connectivity index (χ1n) is 8.00. The summed E-state index contributed by atoms with van der Waals surface area (Å²) in [6.07, 6.45) is 6.55. The van der Waals surface area contributed by atoms with Crippen LogP contribution in [0.4, 0.5) is 5.82 Å². The lowest BCUT2D eigenvalue weighted by atomic mass is 9.97. The minimum Gasteiger partial charge on any atom is -0.467 e. The summed E-state index contributed by atoms with van der Waals surface area (Å²) >= 11 is 0. The first-order chi connectivity index (χ1) is 11.8. The largest absolute Gasteiger partial charge is 0.467 e. The second kappa shape index (κ2) is 6.31. The zero-order valence-corrected chi connectivity index (χ0v) is 13.1. The second-order valence-electron chi connectivity index (χ2n) is 5.88. The summed E-state index contributed by atoms with van der Waals surface area (Å²) in [5.41, 5.74) is 1.46. The zero-order chi connectivity index (χ0) is 16.4. The minimum absolute atomic E-state index is 0.0472. The third-order valence-corrected chi connectivity index (χ3v) is 4.31. The van der Waals surface area contributed by atoms with Crippen molar-refractivity contribution >= 4 is 22.9 Å². The highest BCUT2D eigenvalue weighted by atomic mass is 16.3. The summed E-state index contributed by atoms with van der Waals surface area (Å²) in [6.45, 7) is 1.92. The Morgan fingerprint density at radius 1 is 1.42 bits per heavy atom. The maximum Gasteiger partial charge on any atom is 0.225 e. The van der Waals surface area contributed by atoms with Crippen molar-refractivity contribution in [2.24, 2.45) is 5.92 Å². The van der Waals surface area contributed by atoms with Crippen LogP contribution in [0.25, 0.3) is 11.2 Å². The highest BCUT2D eigenvalue weighted by molar-refractivity contribution is 5.84. The van der Waals surface area contributed by atoms with Gasteiger partial charge in [-0.05, 0) is 25.0 Å². The van der Waals surface area contributed by atoms with E-state index in [1.54, 1.807) is 12.6 Å². The van der Waals surface area contributed by atoms with Gasteiger partial charge in [-0.1, -0.05) is 0 Å². The summed E-state index contributed by atoms with van der Waals surface area (Å²) in [5.74, 6) is 1.54. The van der Waals surface area contributed by atoms with Gasteiger partial charge in [0.05, 0.1) is 25.1 Å². The van der Waals surface area contributed by atoms with E-state index < -0.39 is 0 Å². The maximum atomic E-state index is 12.5. The predicted molar refractivity (Wildman–Crippen MR) is 87.2 cm³/mol. The highest BCUT2D eigenvalue weighted by Crippen LogP contribution is 2.25. The number of H-pyrrole nitrogens is 1. The summed E-state index contributed by atoms with van der Waals surface area (Å²) < 4.78 is 5.25. The number of nitrogens with one attached hydrogen (secondary N) is 2.